The summed E-state index contributed by atoms with van der Waals surface area (Å²) in [4.78, 5) is 0.0644. The highest BCUT2D eigenvalue weighted by molar-refractivity contribution is 7.92. The Balaban J connectivity index is 2.49. The third kappa shape index (κ3) is 2.59. The maximum atomic E-state index is 12.4. The minimum atomic E-state index is -3.85. The van der Waals surface area contributed by atoms with Crippen molar-refractivity contribution in [3.05, 3.63) is 34.1 Å². The normalized spacial score (nSPS) is 11.6. The number of sulfonamides is 1. The summed E-state index contributed by atoms with van der Waals surface area (Å²) in [5.41, 5.74) is 1.30. The maximum Gasteiger partial charge on any atom is 0.265 e. The summed E-state index contributed by atoms with van der Waals surface area (Å²) in [6.45, 7) is 4.83. The molecule has 0 saturated heterocycles. The Hall–Kier alpha value is -1.73. The average molecular weight is 316 g/mol. The lowest BCUT2D eigenvalue weighted by Crippen LogP contribution is -2.15. The summed E-state index contributed by atoms with van der Waals surface area (Å²) >= 11 is 5.87. The highest BCUT2D eigenvalue weighted by atomic mass is 35.5. The number of hydrogen-bond acceptors (Lipinski definition) is 4. The molecule has 1 aromatic heterocycles. The van der Waals surface area contributed by atoms with E-state index in [2.05, 4.69) is 14.9 Å². The van der Waals surface area contributed by atoms with Crippen molar-refractivity contribution in [2.75, 3.05) is 4.72 Å². The van der Waals surface area contributed by atoms with Crippen LogP contribution in [0, 0.1) is 20.8 Å². The molecule has 2 aromatic rings. The smallest absolute Gasteiger partial charge is 0.265 e. The van der Waals surface area contributed by atoms with Gasteiger partial charge in [-0.05, 0) is 38.5 Å². The zero-order chi connectivity index (χ0) is 15.1. The molecule has 0 unspecified atom stereocenters. The van der Waals surface area contributed by atoms with Gasteiger partial charge in [-0.15, -0.1) is 0 Å². The molecular formula is C12H14ClN3O3S. The SMILES string of the molecule is Cc1cc(Cl)cc(NS(=O)(=O)c2c(C)n[nH]c2C)c1O. The molecule has 3 N–H and O–H groups in total. The van der Waals surface area contributed by atoms with Gasteiger partial charge in [0.25, 0.3) is 10.0 Å². The molecule has 0 bridgehead atoms. The number of halogens is 1. The molecule has 6 nitrogen and oxygen atoms in total. The summed E-state index contributed by atoms with van der Waals surface area (Å²) < 4.78 is 27.0. The van der Waals surface area contributed by atoms with Crippen LogP contribution in [-0.4, -0.2) is 23.7 Å². The zero-order valence-electron chi connectivity index (χ0n) is 11.2. The molecule has 0 saturated carbocycles. The van der Waals surface area contributed by atoms with E-state index in [0.717, 1.165) is 0 Å². The number of aromatic hydroxyl groups is 1. The molecule has 0 aliphatic heterocycles. The second-order valence-electron chi connectivity index (χ2n) is 4.49. The van der Waals surface area contributed by atoms with E-state index in [1.165, 1.54) is 6.07 Å². The monoisotopic (exact) mass is 315 g/mol. The summed E-state index contributed by atoms with van der Waals surface area (Å²) in [6.07, 6.45) is 0. The van der Waals surface area contributed by atoms with Crippen molar-refractivity contribution in [1.29, 1.82) is 0 Å². The van der Waals surface area contributed by atoms with Gasteiger partial charge in [-0.25, -0.2) is 8.42 Å². The van der Waals surface area contributed by atoms with Crippen molar-refractivity contribution in [1.82, 2.24) is 10.2 Å². The van der Waals surface area contributed by atoms with Crippen molar-refractivity contribution in [2.45, 2.75) is 25.7 Å². The Morgan fingerprint density at radius 1 is 1.30 bits per heavy atom. The highest BCUT2D eigenvalue weighted by Crippen LogP contribution is 2.33. The van der Waals surface area contributed by atoms with E-state index < -0.39 is 10.0 Å². The minimum Gasteiger partial charge on any atom is -0.505 e. The molecule has 0 atom stereocenters. The van der Waals surface area contributed by atoms with Crippen molar-refractivity contribution in [2.24, 2.45) is 0 Å². The third-order valence-electron chi connectivity index (χ3n) is 2.84. The van der Waals surface area contributed by atoms with Crippen molar-refractivity contribution < 1.29 is 13.5 Å². The molecule has 2 rings (SSSR count). The summed E-state index contributed by atoms with van der Waals surface area (Å²) in [5, 5.41) is 16.7. The first-order valence-electron chi connectivity index (χ1n) is 5.76. The third-order valence-corrected chi connectivity index (χ3v) is 4.68. The average Bonchev–Trinajstić information content (AvgIpc) is 2.65. The highest BCUT2D eigenvalue weighted by Gasteiger charge is 2.23. The van der Waals surface area contributed by atoms with Gasteiger partial charge in [0.05, 0.1) is 17.1 Å². The predicted molar refractivity (Wildman–Crippen MR) is 76.7 cm³/mol. The molecule has 1 aromatic carbocycles. The Kier molecular flexibility index (Phi) is 3.66. The number of phenols is 1. The summed E-state index contributed by atoms with van der Waals surface area (Å²) in [5.74, 6) is -0.156. The quantitative estimate of drug-likeness (QED) is 0.758. The van der Waals surface area contributed by atoms with Gasteiger partial charge in [0, 0.05) is 5.02 Å². The van der Waals surface area contributed by atoms with E-state index >= 15 is 0 Å². The number of rotatable bonds is 3. The van der Waals surface area contributed by atoms with Gasteiger partial charge in [0.1, 0.15) is 10.6 Å². The lowest BCUT2D eigenvalue weighted by atomic mass is 10.2. The number of aromatic nitrogens is 2. The van der Waals surface area contributed by atoms with E-state index in [-0.39, 0.29) is 16.3 Å². The fourth-order valence-electron chi connectivity index (χ4n) is 1.95. The van der Waals surface area contributed by atoms with E-state index in [1.807, 2.05) is 0 Å². The molecule has 0 amide bonds. The van der Waals surface area contributed by atoms with Crippen LogP contribution in [0.3, 0.4) is 0 Å². The molecule has 0 radical (unpaired) electrons. The van der Waals surface area contributed by atoms with E-state index in [4.69, 9.17) is 11.6 Å². The molecule has 8 heteroatoms. The lowest BCUT2D eigenvalue weighted by molar-refractivity contribution is 0.473. The predicted octanol–water partition coefficient (Wildman–Crippen LogP) is 2.49. The zero-order valence-corrected chi connectivity index (χ0v) is 12.7. The molecule has 0 spiro atoms. The summed E-state index contributed by atoms with van der Waals surface area (Å²) in [7, 11) is -3.85. The first kappa shape index (κ1) is 14.7. The number of nitrogens with zero attached hydrogens (tertiary/aromatic N) is 1. The molecule has 20 heavy (non-hydrogen) atoms. The standard InChI is InChI=1S/C12H14ClN3O3S/c1-6-4-9(13)5-10(11(6)17)16-20(18,19)12-7(2)14-15-8(12)3/h4-5,16-17H,1-3H3,(H,14,15). The Morgan fingerprint density at radius 3 is 2.50 bits per heavy atom. The van der Waals surface area contributed by atoms with Crippen LogP contribution in [0.5, 0.6) is 5.75 Å². The lowest BCUT2D eigenvalue weighted by Gasteiger charge is -2.11. The number of benzene rings is 1. The largest absolute Gasteiger partial charge is 0.505 e. The van der Waals surface area contributed by atoms with Gasteiger partial charge in [0.15, 0.2) is 0 Å². The fraction of sp³-hybridized carbons (Fsp3) is 0.250. The topological polar surface area (TPSA) is 95.1 Å². The van der Waals surface area contributed by atoms with Crippen LogP contribution in [0.15, 0.2) is 17.0 Å². The van der Waals surface area contributed by atoms with Crippen LogP contribution in [-0.2, 0) is 10.0 Å². The number of nitrogens with one attached hydrogen (secondary N) is 2. The summed E-state index contributed by atoms with van der Waals surface area (Å²) in [6, 6.07) is 2.90. The Labute approximate surface area is 121 Å². The van der Waals surface area contributed by atoms with Crippen LogP contribution >= 0.6 is 11.6 Å². The molecular weight excluding hydrogens is 302 g/mol. The van der Waals surface area contributed by atoms with Crippen LogP contribution in [0.25, 0.3) is 0 Å². The Morgan fingerprint density at radius 2 is 1.95 bits per heavy atom. The van der Waals surface area contributed by atoms with Crippen molar-refractivity contribution in [3.63, 3.8) is 0 Å². The van der Waals surface area contributed by atoms with Crippen LogP contribution in [0.2, 0.25) is 5.02 Å². The van der Waals surface area contributed by atoms with Gasteiger partial charge in [-0.1, -0.05) is 11.6 Å². The number of anilines is 1. The van der Waals surface area contributed by atoms with Crippen LogP contribution in [0.1, 0.15) is 17.0 Å². The number of aryl methyl sites for hydroxylation is 3. The van der Waals surface area contributed by atoms with Gasteiger partial charge in [-0.3, -0.25) is 9.82 Å². The van der Waals surface area contributed by atoms with Crippen molar-refractivity contribution in [3.8, 4) is 5.75 Å². The van der Waals surface area contributed by atoms with Crippen molar-refractivity contribution >= 4 is 27.3 Å². The fourth-order valence-corrected chi connectivity index (χ4v) is 3.65. The number of hydrogen-bond donors (Lipinski definition) is 3. The first-order chi connectivity index (χ1) is 9.22. The second kappa shape index (κ2) is 4.99. The first-order valence-corrected chi connectivity index (χ1v) is 7.62. The minimum absolute atomic E-state index is 0.0370. The number of phenolic OH excluding ortho intramolecular Hbond substituents is 1. The van der Waals surface area contributed by atoms with E-state index in [1.54, 1.807) is 26.8 Å². The van der Waals surface area contributed by atoms with E-state index in [9.17, 15) is 13.5 Å². The molecule has 0 aliphatic rings. The van der Waals surface area contributed by atoms with Crippen LogP contribution < -0.4 is 4.72 Å². The van der Waals surface area contributed by atoms with Gasteiger partial charge in [-0.2, -0.15) is 5.10 Å². The molecule has 108 valence electrons. The van der Waals surface area contributed by atoms with Gasteiger partial charge >= 0.3 is 0 Å². The van der Waals surface area contributed by atoms with Gasteiger partial charge in [0.2, 0.25) is 0 Å². The number of H-pyrrole nitrogens is 1. The molecule has 0 aliphatic carbocycles. The number of aromatic amines is 1. The molecule has 0 fully saturated rings. The molecule has 1 heterocycles. The van der Waals surface area contributed by atoms with Crippen LogP contribution in [0.4, 0.5) is 5.69 Å². The van der Waals surface area contributed by atoms with E-state index in [0.29, 0.717) is 22.0 Å². The van der Waals surface area contributed by atoms with Gasteiger partial charge < -0.3 is 5.11 Å². The maximum absolute atomic E-state index is 12.4. The second-order valence-corrected chi connectivity index (χ2v) is 6.54. The Bertz CT molecular complexity index is 749.